The van der Waals surface area contributed by atoms with Gasteiger partial charge in [0, 0.05) is 16.6 Å². The Balaban J connectivity index is 1.63. The molecule has 0 bridgehead atoms. The molecule has 162 valence electrons. The van der Waals surface area contributed by atoms with Crippen LogP contribution >= 0.6 is 11.3 Å². The van der Waals surface area contributed by atoms with Gasteiger partial charge >= 0.3 is 0 Å². The fraction of sp³-hybridized carbons (Fsp3) is 0.227. The van der Waals surface area contributed by atoms with Crippen molar-refractivity contribution in [3.63, 3.8) is 0 Å². The average Bonchev–Trinajstić information content (AvgIpc) is 3.37. The molecule has 4 rings (SSSR count). The zero-order valence-electron chi connectivity index (χ0n) is 17.1. The topological polar surface area (TPSA) is 93.7 Å². The van der Waals surface area contributed by atoms with Crippen molar-refractivity contribution in [3.05, 3.63) is 63.8 Å². The minimum atomic E-state index is -4.00. The number of aryl methyl sites for hydroxylation is 2. The monoisotopic (exact) mass is 458 g/mol. The van der Waals surface area contributed by atoms with E-state index >= 15 is 0 Å². The fourth-order valence-corrected chi connectivity index (χ4v) is 5.83. The molecule has 0 saturated carbocycles. The van der Waals surface area contributed by atoms with Gasteiger partial charge in [-0.25, -0.2) is 8.42 Å². The molecule has 1 aromatic heterocycles. The first-order chi connectivity index (χ1) is 14.9. The van der Waals surface area contributed by atoms with Crippen LogP contribution in [0.2, 0.25) is 0 Å². The summed E-state index contributed by atoms with van der Waals surface area (Å²) in [6.45, 7) is 0. The number of hydrogen-bond donors (Lipinski definition) is 2. The van der Waals surface area contributed by atoms with Gasteiger partial charge in [0.05, 0.1) is 24.8 Å². The third-order valence-corrected chi connectivity index (χ3v) is 7.70. The van der Waals surface area contributed by atoms with E-state index in [1.165, 1.54) is 48.1 Å². The lowest BCUT2D eigenvalue weighted by molar-refractivity contribution is 0.103. The summed E-state index contributed by atoms with van der Waals surface area (Å²) in [6.07, 6.45) is 3.08. The molecule has 2 aromatic carbocycles. The zero-order valence-corrected chi connectivity index (χ0v) is 18.7. The van der Waals surface area contributed by atoms with E-state index in [0.717, 1.165) is 19.3 Å². The lowest BCUT2D eigenvalue weighted by Crippen LogP contribution is -2.18. The summed E-state index contributed by atoms with van der Waals surface area (Å²) in [7, 11) is -1.02. The van der Waals surface area contributed by atoms with E-state index in [9.17, 15) is 13.2 Å². The molecular weight excluding hydrogens is 436 g/mol. The number of benzene rings is 2. The molecule has 0 spiro atoms. The minimum absolute atomic E-state index is 0.0832. The van der Waals surface area contributed by atoms with Gasteiger partial charge in [0.2, 0.25) is 0 Å². The van der Waals surface area contributed by atoms with Gasteiger partial charge in [-0.15, -0.1) is 11.3 Å². The number of carbonyl (C=O) groups excluding carboxylic acids is 1. The quantitative estimate of drug-likeness (QED) is 0.550. The Hall–Kier alpha value is -3.04. The molecule has 2 N–H and O–H groups in total. The van der Waals surface area contributed by atoms with E-state index in [0.29, 0.717) is 22.1 Å². The van der Waals surface area contributed by atoms with Crippen LogP contribution in [-0.2, 0) is 22.9 Å². The van der Waals surface area contributed by atoms with Crippen LogP contribution in [0.3, 0.4) is 0 Å². The first-order valence-electron chi connectivity index (χ1n) is 9.67. The Morgan fingerprint density at radius 3 is 2.35 bits per heavy atom. The van der Waals surface area contributed by atoms with Crippen LogP contribution in [0.1, 0.15) is 26.5 Å². The largest absolute Gasteiger partial charge is 0.497 e. The highest BCUT2D eigenvalue weighted by Gasteiger charge is 2.23. The van der Waals surface area contributed by atoms with Crippen LogP contribution in [0.5, 0.6) is 11.5 Å². The Morgan fingerprint density at radius 1 is 0.968 bits per heavy atom. The van der Waals surface area contributed by atoms with E-state index < -0.39 is 10.0 Å². The number of ether oxygens (including phenoxy) is 2. The molecular formula is C22H22N2O5S2. The first-order valence-corrected chi connectivity index (χ1v) is 12.0. The molecule has 0 unspecified atom stereocenters. The van der Waals surface area contributed by atoms with Crippen LogP contribution in [0.25, 0.3) is 0 Å². The van der Waals surface area contributed by atoms with Crippen molar-refractivity contribution in [2.45, 2.75) is 24.2 Å². The molecule has 1 heterocycles. The van der Waals surface area contributed by atoms with Gasteiger partial charge in [-0.3, -0.25) is 9.52 Å². The summed E-state index contributed by atoms with van der Waals surface area (Å²) in [5, 5.41) is 2.75. The summed E-state index contributed by atoms with van der Waals surface area (Å²) in [6, 6.07) is 12.9. The van der Waals surface area contributed by atoms with Gasteiger partial charge in [0.1, 0.15) is 16.4 Å². The maximum atomic E-state index is 13.1. The number of amides is 1. The molecule has 0 atom stereocenters. The highest BCUT2D eigenvalue weighted by Crippen LogP contribution is 2.33. The number of methoxy groups -OCH3 is 2. The lowest BCUT2D eigenvalue weighted by Gasteiger charge is -2.14. The van der Waals surface area contributed by atoms with E-state index in [4.69, 9.17) is 9.47 Å². The van der Waals surface area contributed by atoms with Crippen molar-refractivity contribution < 1.29 is 22.7 Å². The molecule has 31 heavy (non-hydrogen) atoms. The van der Waals surface area contributed by atoms with Gasteiger partial charge in [0.15, 0.2) is 0 Å². The van der Waals surface area contributed by atoms with E-state index in [2.05, 4.69) is 10.0 Å². The highest BCUT2D eigenvalue weighted by atomic mass is 32.2. The molecule has 7 nitrogen and oxygen atoms in total. The maximum Gasteiger partial charge on any atom is 0.265 e. The average molecular weight is 459 g/mol. The van der Waals surface area contributed by atoms with Gasteiger partial charge in [0.25, 0.3) is 15.9 Å². The van der Waals surface area contributed by atoms with Gasteiger partial charge in [-0.1, -0.05) is 0 Å². The van der Waals surface area contributed by atoms with Crippen LogP contribution in [0.15, 0.2) is 53.4 Å². The van der Waals surface area contributed by atoms with E-state index in [-0.39, 0.29) is 16.5 Å². The Bertz CT molecular complexity index is 1200. The molecule has 0 radical (unpaired) electrons. The van der Waals surface area contributed by atoms with Crippen molar-refractivity contribution in [2.75, 3.05) is 24.3 Å². The standard InChI is InChI=1S/C22H22N2O5S2/c1-28-16-8-6-15(7-9-16)24-31(26,27)21-13-17(29-2)10-11-18(21)23-22(25)20-12-14-4-3-5-19(14)30-20/h6-13,24H,3-5H2,1-2H3,(H,23,25). The SMILES string of the molecule is COc1ccc(NS(=O)(=O)c2cc(OC)ccc2NC(=O)c2cc3c(s2)CCC3)cc1. The predicted octanol–water partition coefficient (Wildman–Crippen LogP) is 4.31. The maximum absolute atomic E-state index is 13.1. The second-order valence-corrected chi connectivity index (χ2v) is 9.85. The summed E-state index contributed by atoms with van der Waals surface area (Å²) in [4.78, 5) is 14.5. The Morgan fingerprint density at radius 2 is 1.68 bits per heavy atom. The number of anilines is 2. The summed E-state index contributed by atoms with van der Waals surface area (Å²) < 4.78 is 39.1. The number of carbonyl (C=O) groups is 1. The molecule has 0 fully saturated rings. The van der Waals surface area contributed by atoms with E-state index in [1.807, 2.05) is 6.07 Å². The lowest BCUT2D eigenvalue weighted by atomic mass is 10.2. The number of rotatable bonds is 7. The summed E-state index contributed by atoms with van der Waals surface area (Å²) >= 11 is 1.46. The van der Waals surface area contributed by atoms with Gasteiger partial charge in [-0.05, 0) is 67.3 Å². The molecule has 1 aliphatic carbocycles. The Labute approximate surface area is 185 Å². The number of sulfonamides is 1. The number of hydrogen-bond acceptors (Lipinski definition) is 6. The molecule has 9 heteroatoms. The van der Waals surface area contributed by atoms with Crippen LogP contribution in [0.4, 0.5) is 11.4 Å². The van der Waals surface area contributed by atoms with Gasteiger partial charge < -0.3 is 14.8 Å². The van der Waals surface area contributed by atoms with Crippen LogP contribution in [-0.4, -0.2) is 28.5 Å². The van der Waals surface area contributed by atoms with Crippen molar-refractivity contribution >= 4 is 38.6 Å². The van der Waals surface area contributed by atoms with E-state index in [1.54, 1.807) is 30.3 Å². The van der Waals surface area contributed by atoms with Crippen molar-refractivity contribution in [2.24, 2.45) is 0 Å². The Kier molecular flexibility index (Phi) is 5.88. The second kappa shape index (κ2) is 8.60. The minimum Gasteiger partial charge on any atom is -0.497 e. The number of thiophene rings is 1. The van der Waals surface area contributed by atoms with Crippen LogP contribution < -0.4 is 19.5 Å². The normalized spacial score (nSPS) is 12.8. The fourth-order valence-electron chi connectivity index (χ4n) is 3.45. The highest BCUT2D eigenvalue weighted by molar-refractivity contribution is 7.92. The van der Waals surface area contributed by atoms with Crippen LogP contribution in [0, 0.1) is 0 Å². The van der Waals surface area contributed by atoms with Crippen molar-refractivity contribution in [1.29, 1.82) is 0 Å². The predicted molar refractivity (Wildman–Crippen MR) is 121 cm³/mol. The molecule has 1 aliphatic rings. The van der Waals surface area contributed by atoms with Gasteiger partial charge in [-0.2, -0.15) is 0 Å². The smallest absolute Gasteiger partial charge is 0.265 e. The molecule has 3 aromatic rings. The molecule has 0 saturated heterocycles. The first kappa shape index (κ1) is 21.2. The van der Waals surface area contributed by atoms with Crippen molar-refractivity contribution in [1.82, 2.24) is 0 Å². The zero-order chi connectivity index (χ0) is 22.0. The van der Waals surface area contributed by atoms with Crippen molar-refractivity contribution in [3.8, 4) is 11.5 Å². The number of nitrogens with one attached hydrogen (secondary N) is 2. The third-order valence-electron chi connectivity index (χ3n) is 5.04. The summed E-state index contributed by atoms with van der Waals surface area (Å²) in [5.74, 6) is 0.647. The third kappa shape index (κ3) is 4.52. The number of fused-ring (bicyclic) bond motifs is 1. The second-order valence-electron chi connectivity index (χ2n) is 7.06. The summed E-state index contributed by atoms with van der Waals surface area (Å²) in [5.41, 5.74) is 1.76. The molecule has 1 amide bonds. The molecule has 0 aliphatic heterocycles.